The number of ether oxygens (including phenoxy) is 1. The van der Waals surface area contributed by atoms with Crippen molar-refractivity contribution in [1.82, 2.24) is 15.2 Å². The van der Waals surface area contributed by atoms with E-state index in [1.807, 2.05) is 36.4 Å². The second-order valence-electron chi connectivity index (χ2n) is 5.42. The third kappa shape index (κ3) is 4.36. The van der Waals surface area contributed by atoms with E-state index < -0.39 is 0 Å². The molecular weight excluding hydrogens is 372 g/mol. The molecule has 0 spiro atoms. The van der Waals surface area contributed by atoms with E-state index in [4.69, 9.17) is 16.3 Å². The summed E-state index contributed by atoms with van der Waals surface area (Å²) in [4.78, 5) is 16.8. The summed E-state index contributed by atoms with van der Waals surface area (Å²) in [5, 5.41) is 10.5. The normalized spacial score (nSPS) is 11.8. The summed E-state index contributed by atoms with van der Waals surface area (Å²) in [6, 6.07) is 14.6. The van der Waals surface area contributed by atoms with Crippen LogP contribution in [-0.2, 0) is 4.79 Å². The summed E-state index contributed by atoms with van der Waals surface area (Å²) in [5.41, 5.74) is 1.47. The molecular formula is C18H17ClN4O2S. The maximum Gasteiger partial charge on any atom is 0.237 e. The second kappa shape index (κ2) is 8.25. The monoisotopic (exact) mass is 388 g/mol. The van der Waals surface area contributed by atoms with E-state index in [0.717, 1.165) is 11.3 Å². The zero-order chi connectivity index (χ0) is 18.5. The number of aromatic nitrogens is 3. The van der Waals surface area contributed by atoms with E-state index >= 15 is 0 Å². The molecule has 0 aliphatic heterocycles. The summed E-state index contributed by atoms with van der Waals surface area (Å²) in [7, 11) is 1.62. The van der Waals surface area contributed by atoms with Gasteiger partial charge in [-0.15, -0.1) is 5.10 Å². The Labute approximate surface area is 160 Å². The van der Waals surface area contributed by atoms with Gasteiger partial charge in [-0.25, -0.2) is 4.98 Å². The van der Waals surface area contributed by atoms with Crippen LogP contribution in [0.25, 0.3) is 11.4 Å². The van der Waals surface area contributed by atoms with Gasteiger partial charge in [-0.05, 0) is 43.3 Å². The average molecular weight is 389 g/mol. The highest BCUT2D eigenvalue weighted by atomic mass is 35.5. The topological polar surface area (TPSA) is 79.9 Å². The first-order valence-corrected chi connectivity index (χ1v) is 9.11. The third-order valence-electron chi connectivity index (χ3n) is 3.61. The number of carbonyl (C=O) groups is 1. The minimum Gasteiger partial charge on any atom is -0.497 e. The number of aromatic amines is 1. The number of methoxy groups -OCH3 is 1. The highest BCUT2D eigenvalue weighted by Gasteiger charge is 2.18. The van der Waals surface area contributed by atoms with Crippen LogP contribution in [0.2, 0.25) is 5.02 Å². The van der Waals surface area contributed by atoms with E-state index in [0.29, 0.717) is 21.7 Å². The van der Waals surface area contributed by atoms with E-state index in [-0.39, 0.29) is 11.2 Å². The van der Waals surface area contributed by atoms with E-state index in [2.05, 4.69) is 20.5 Å². The number of rotatable bonds is 6. The molecule has 6 nitrogen and oxygen atoms in total. The standard InChI is InChI=1S/C18H17ClN4O2S/c1-11(17(24)20-15-6-4-3-5-14(15)19)26-18-21-16(22-23-18)12-7-9-13(25-2)10-8-12/h3-11H,1-2H3,(H,20,24)(H,21,22,23)/t11-/m1/s1. The molecule has 1 amide bonds. The van der Waals surface area contributed by atoms with Gasteiger partial charge in [0.2, 0.25) is 11.1 Å². The number of benzene rings is 2. The fourth-order valence-electron chi connectivity index (χ4n) is 2.19. The van der Waals surface area contributed by atoms with Crippen molar-refractivity contribution >= 4 is 35.0 Å². The van der Waals surface area contributed by atoms with Crippen LogP contribution in [0.3, 0.4) is 0 Å². The van der Waals surface area contributed by atoms with Crippen molar-refractivity contribution in [3.05, 3.63) is 53.6 Å². The molecule has 0 aliphatic carbocycles. The van der Waals surface area contributed by atoms with Crippen molar-refractivity contribution < 1.29 is 9.53 Å². The van der Waals surface area contributed by atoms with Crippen molar-refractivity contribution in [2.45, 2.75) is 17.3 Å². The predicted molar refractivity (Wildman–Crippen MR) is 104 cm³/mol. The van der Waals surface area contributed by atoms with Gasteiger partial charge in [-0.1, -0.05) is 35.5 Å². The smallest absolute Gasteiger partial charge is 0.237 e. The minimum atomic E-state index is -0.384. The van der Waals surface area contributed by atoms with Gasteiger partial charge in [0.1, 0.15) is 5.75 Å². The molecule has 2 aromatic carbocycles. The lowest BCUT2D eigenvalue weighted by molar-refractivity contribution is -0.115. The van der Waals surface area contributed by atoms with Crippen LogP contribution in [0.1, 0.15) is 6.92 Å². The van der Waals surface area contributed by atoms with Gasteiger partial charge in [0.15, 0.2) is 5.82 Å². The number of nitrogens with zero attached hydrogens (tertiary/aromatic N) is 2. The lowest BCUT2D eigenvalue weighted by atomic mass is 10.2. The van der Waals surface area contributed by atoms with Crippen LogP contribution in [0, 0.1) is 0 Å². The lowest BCUT2D eigenvalue weighted by Gasteiger charge is -2.11. The van der Waals surface area contributed by atoms with E-state index in [1.165, 1.54) is 11.8 Å². The Morgan fingerprint density at radius 1 is 1.23 bits per heavy atom. The number of anilines is 1. The molecule has 1 atom stereocenters. The molecule has 3 rings (SSSR count). The number of hydrogen-bond donors (Lipinski definition) is 2. The first-order chi connectivity index (χ1) is 12.6. The Balaban J connectivity index is 1.64. The molecule has 0 unspecified atom stereocenters. The molecule has 0 saturated heterocycles. The quantitative estimate of drug-likeness (QED) is 0.617. The van der Waals surface area contributed by atoms with Gasteiger partial charge in [0, 0.05) is 5.56 Å². The Morgan fingerprint density at radius 2 is 1.96 bits per heavy atom. The van der Waals surface area contributed by atoms with Crippen LogP contribution in [0.15, 0.2) is 53.7 Å². The predicted octanol–water partition coefficient (Wildman–Crippen LogP) is 4.25. The maximum atomic E-state index is 12.3. The molecule has 2 N–H and O–H groups in total. The Hall–Kier alpha value is -2.51. The molecule has 0 saturated carbocycles. The summed E-state index contributed by atoms with van der Waals surface area (Å²) in [6.07, 6.45) is 0. The molecule has 0 fully saturated rings. The van der Waals surface area contributed by atoms with Crippen LogP contribution < -0.4 is 10.1 Å². The van der Waals surface area contributed by atoms with Crippen molar-refractivity contribution in [3.63, 3.8) is 0 Å². The van der Waals surface area contributed by atoms with Crippen molar-refractivity contribution in [1.29, 1.82) is 0 Å². The van der Waals surface area contributed by atoms with Crippen LogP contribution in [0.4, 0.5) is 5.69 Å². The number of para-hydroxylation sites is 1. The highest BCUT2D eigenvalue weighted by Crippen LogP contribution is 2.26. The van der Waals surface area contributed by atoms with Crippen molar-refractivity contribution in [3.8, 4) is 17.1 Å². The fraction of sp³-hybridized carbons (Fsp3) is 0.167. The molecule has 3 aromatic rings. The second-order valence-corrected chi connectivity index (χ2v) is 7.14. The maximum absolute atomic E-state index is 12.3. The van der Waals surface area contributed by atoms with Gasteiger partial charge in [-0.3, -0.25) is 9.89 Å². The average Bonchev–Trinajstić information content (AvgIpc) is 3.12. The summed E-state index contributed by atoms with van der Waals surface area (Å²) in [5.74, 6) is 1.24. The number of carbonyl (C=O) groups excluding carboxylic acids is 1. The first-order valence-electron chi connectivity index (χ1n) is 7.85. The number of halogens is 1. The summed E-state index contributed by atoms with van der Waals surface area (Å²) >= 11 is 7.33. The number of hydrogen-bond acceptors (Lipinski definition) is 5. The molecule has 1 aromatic heterocycles. The van der Waals surface area contributed by atoms with Crippen LogP contribution in [-0.4, -0.2) is 33.4 Å². The summed E-state index contributed by atoms with van der Waals surface area (Å²) in [6.45, 7) is 1.79. The first kappa shape index (κ1) is 18.3. The Bertz CT molecular complexity index is 898. The van der Waals surface area contributed by atoms with Gasteiger partial charge < -0.3 is 10.1 Å². The molecule has 1 heterocycles. The zero-order valence-electron chi connectivity index (χ0n) is 14.2. The highest BCUT2D eigenvalue weighted by molar-refractivity contribution is 8.00. The van der Waals surface area contributed by atoms with Gasteiger partial charge >= 0.3 is 0 Å². The summed E-state index contributed by atoms with van der Waals surface area (Å²) < 4.78 is 5.14. The fourth-order valence-corrected chi connectivity index (χ4v) is 3.09. The number of nitrogens with one attached hydrogen (secondary N) is 2. The van der Waals surface area contributed by atoms with Crippen molar-refractivity contribution in [2.75, 3.05) is 12.4 Å². The van der Waals surface area contributed by atoms with Crippen LogP contribution in [0.5, 0.6) is 5.75 Å². The van der Waals surface area contributed by atoms with Gasteiger partial charge in [0.25, 0.3) is 0 Å². The third-order valence-corrected chi connectivity index (χ3v) is 4.90. The molecule has 26 heavy (non-hydrogen) atoms. The van der Waals surface area contributed by atoms with Gasteiger partial charge in [-0.2, -0.15) is 0 Å². The molecule has 0 bridgehead atoms. The van der Waals surface area contributed by atoms with Crippen molar-refractivity contribution in [2.24, 2.45) is 0 Å². The largest absolute Gasteiger partial charge is 0.497 e. The van der Waals surface area contributed by atoms with E-state index in [9.17, 15) is 4.79 Å². The van der Waals surface area contributed by atoms with E-state index in [1.54, 1.807) is 26.2 Å². The van der Waals surface area contributed by atoms with Gasteiger partial charge in [0.05, 0.1) is 23.1 Å². The number of H-pyrrole nitrogens is 1. The molecule has 8 heteroatoms. The number of amides is 1. The van der Waals surface area contributed by atoms with Crippen LogP contribution >= 0.6 is 23.4 Å². The number of thioether (sulfide) groups is 1. The molecule has 0 radical (unpaired) electrons. The molecule has 134 valence electrons. The molecule has 0 aliphatic rings. The Morgan fingerprint density at radius 3 is 2.65 bits per heavy atom. The lowest BCUT2D eigenvalue weighted by Crippen LogP contribution is -2.22. The SMILES string of the molecule is COc1ccc(-c2nc(S[C@H](C)C(=O)Nc3ccccc3Cl)n[nH]2)cc1. The Kier molecular flexibility index (Phi) is 5.80. The minimum absolute atomic E-state index is 0.168. The zero-order valence-corrected chi connectivity index (χ0v) is 15.8.